The Hall–Kier alpha value is -1.89. The highest BCUT2D eigenvalue weighted by atomic mass is 32.1. The topological polar surface area (TPSA) is 92.7 Å². The molecule has 29 heavy (non-hydrogen) atoms. The number of amides is 1. The Kier molecular flexibility index (Phi) is 6.36. The Balaban J connectivity index is 1.89. The van der Waals surface area contributed by atoms with Gasteiger partial charge in [0.25, 0.3) is 0 Å². The van der Waals surface area contributed by atoms with E-state index in [2.05, 4.69) is 26.1 Å². The fraction of sp³-hybridized carbons (Fsp3) is 0.682. The molecule has 2 N–H and O–H groups in total. The zero-order valence-electron chi connectivity index (χ0n) is 17.7. The Bertz CT molecular complexity index is 807. The molecule has 3 rings (SSSR count). The van der Waals surface area contributed by atoms with Crippen LogP contribution in [-0.2, 0) is 27.2 Å². The van der Waals surface area contributed by atoms with Crippen molar-refractivity contribution in [1.29, 1.82) is 0 Å². The summed E-state index contributed by atoms with van der Waals surface area (Å²) in [6, 6.07) is 0. The molecule has 0 unspecified atom stereocenters. The summed E-state index contributed by atoms with van der Waals surface area (Å²) in [5, 5.41) is 12.9. The molecule has 0 saturated heterocycles. The van der Waals surface area contributed by atoms with Crippen molar-refractivity contribution in [2.45, 2.75) is 65.7 Å². The van der Waals surface area contributed by atoms with E-state index in [0.29, 0.717) is 29.3 Å². The van der Waals surface area contributed by atoms with Gasteiger partial charge in [-0.2, -0.15) is 0 Å². The van der Waals surface area contributed by atoms with Crippen molar-refractivity contribution in [1.82, 2.24) is 0 Å². The minimum absolute atomic E-state index is 0.174. The standard InChI is InChI=1S/C22H31NO5S/c1-22(2,3)12-9-10-15-16(11-12)29-19(17(15)21(27)28-4)23-18(24)13-7-5-6-8-14(13)20(25)26/h12-14H,5-11H2,1-4H3,(H,23,24)(H,25,26)/t12-,13-,14-/m1/s1. The first-order valence-corrected chi connectivity index (χ1v) is 11.2. The fourth-order valence-corrected chi connectivity index (χ4v) is 5.99. The summed E-state index contributed by atoms with van der Waals surface area (Å²) in [5.74, 6) is -2.37. The average molecular weight is 422 g/mol. The maximum Gasteiger partial charge on any atom is 0.341 e. The molecule has 1 saturated carbocycles. The molecule has 2 aliphatic carbocycles. The molecule has 3 atom stereocenters. The monoisotopic (exact) mass is 421 g/mol. The average Bonchev–Trinajstić information content (AvgIpc) is 3.03. The van der Waals surface area contributed by atoms with Crippen LogP contribution in [0.25, 0.3) is 0 Å². The number of nitrogens with one attached hydrogen (secondary N) is 1. The van der Waals surface area contributed by atoms with Gasteiger partial charge in [0, 0.05) is 4.88 Å². The van der Waals surface area contributed by atoms with E-state index in [-0.39, 0.29) is 11.3 Å². The van der Waals surface area contributed by atoms with E-state index >= 15 is 0 Å². The second-order valence-electron chi connectivity index (χ2n) is 9.33. The van der Waals surface area contributed by atoms with Crippen molar-refractivity contribution in [2.24, 2.45) is 23.2 Å². The van der Waals surface area contributed by atoms with Crippen LogP contribution in [0.1, 0.15) is 73.7 Å². The molecule has 1 fully saturated rings. The van der Waals surface area contributed by atoms with Crippen LogP contribution >= 0.6 is 11.3 Å². The third-order valence-electron chi connectivity index (χ3n) is 6.54. The first-order chi connectivity index (χ1) is 13.6. The van der Waals surface area contributed by atoms with Gasteiger partial charge in [-0.25, -0.2) is 4.79 Å². The zero-order chi connectivity index (χ0) is 21.3. The number of hydrogen-bond acceptors (Lipinski definition) is 5. The number of carboxylic acids is 1. The molecule has 1 heterocycles. The van der Waals surface area contributed by atoms with Crippen molar-refractivity contribution >= 4 is 34.2 Å². The molecule has 7 heteroatoms. The molecule has 0 aliphatic heterocycles. The molecule has 2 aliphatic rings. The van der Waals surface area contributed by atoms with Gasteiger partial charge in [-0.1, -0.05) is 33.6 Å². The lowest BCUT2D eigenvalue weighted by Crippen LogP contribution is -2.36. The summed E-state index contributed by atoms with van der Waals surface area (Å²) >= 11 is 1.45. The minimum Gasteiger partial charge on any atom is -0.481 e. The highest BCUT2D eigenvalue weighted by Crippen LogP contribution is 2.45. The number of methoxy groups -OCH3 is 1. The van der Waals surface area contributed by atoms with Crippen molar-refractivity contribution in [2.75, 3.05) is 12.4 Å². The normalized spacial score (nSPS) is 24.5. The molecular weight excluding hydrogens is 390 g/mol. The number of carbonyl (C=O) groups is 3. The summed E-state index contributed by atoms with van der Waals surface area (Å²) in [6.07, 6.45) is 5.42. The van der Waals surface area contributed by atoms with Crippen LogP contribution < -0.4 is 5.32 Å². The van der Waals surface area contributed by atoms with Gasteiger partial charge in [0.1, 0.15) is 5.00 Å². The van der Waals surface area contributed by atoms with E-state index in [4.69, 9.17) is 4.74 Å². The Morgan fingerprint density at radius 3 is 2.34 bits per heavy atom. The molecule has 1 aromatic rings. The Labute approximate surface area is 176 Å². The SMILES string of the molecule is COC(=O)c1c(NC(=O)[C@@H]2CCCC[C@H]2C(=O)O)sc2c1CC[C@@H](C(C)(C)C)C2. The summed E-state index contributed by atoms with van der Waals surface area (Å²) in [4.78, 5) is 38.2. The van der Waals surface area contributed by atoms with Crippen LogP contribution in [0, 0.1) is 23.2 Å². The number of esters is 1. The van der Waals surface area contributed by atoms with Gasteiger partial charge < -0.3 is 15.2 Å². The van der Waals surface area contributed by atoms with Gasteiger partial charge in [0.05, 0.1) is 24.5 Å². The Morgan fingerprint density at radius 1 is 1.10 bits per heavy atom. The molecule has 0 spiro atoms. The lowest BCUT2D eigenvalue weighted by molar-refractivity contribution is -0.147. The maximum absolute atomic E-state index is 13.0. The largest absolute Gasteiger partial charge is 0.481 e. The van der Waals surface area contributed by atoms with Gasteiger partial charge in [-0.3, -0.25) is 9.59 Å². The van der Waals surface area contributed by atoms with E-state index in [0.717, 1.165) is 42.5 Å². The minimum atomic E-state index is -0.920. The number of fused-ring (bicyclic) bond motifs is 1. The highest BCUT2D eigenvalue weighted by Gasteiger charge is 2.38. The first kappa shape index (κ1) is 21.8. The third-order valence-corrected chi connectivity index (χ3v) is 7.71. The molecule has 1 aromatic heterocycles. The number of carboxylic acid groups (broad SMARTS) is 1. The van der Waals surface area contributed by atoms with Gasteiger partial charge in [-0.15, -0.1) is 11.3 Å². The van der Waals surface area contributed by atoms with Gasteiger partial charge in [0.15, 0.2) is 0 Å². The van der Waals surface area contributed by atoms with E-state index in [1.54, 1.807) is 0 Å². The second kappa shape index (κ2) is 8.46. The molecular formula is C22H31NO5S. The predicted octanol–water partition coefficient (Wildman–Crippen LogP) is 4.52. The highest BCUT2D eigenvalue weighted by molar-refractivity contribution is 7.17. The molecule has 0 bridgehead atoms. The lowest BCUT2D eigenvalue weighted by Gasteiger charge is -2.33. The van der Waals surface area contributed by atoms with E-state index in [9.17, 15) is 19.5 Å². The van der Waals surface area contributed by atoms with E-state index in [1.165, 1.54) is 18.4 Å². The van der Waals surface area contributed by atoms with Crippen molar-refractivity contribution in [3.63, 3.8) is 0 Å². The molecule has 160 valence electrons. The number of carbonyl (C=O) groups excluding carboxylic acids is 2. The van der Waals surface area contributed by atoms with E-state index in [1.807, 2.05) is 0 Å². The van der Waals surface area contributed by atoms with Crippen molar-refractivity contribution in [3.8, 4) is 0 Å². The molecule has 1 amide bonds. The van der Waals surface area contributed by atoms with Crippen LogP contribution in [-0.4, -0.2) is 30.1 Å². The van der Waals surface area contributed by atoms with Crippen molar-refractivity contribution < 1.29 is 24.2 Å². The predicted molar refractivity (Wildman–Crippen MR) is 112 cm³/mol. The smallest absolute Gasteiger partial charge is 0.341 e. The summed E-state index contributed by atoms with van der Waals surface area (Å²) in [5.41, 5.74) is 1.61. The van der Waals surface area contributed by atoms with Gasteiger partial charge in [0.2, 0.25) is 5.91 Å². The van der Waals surface area contributed by atoms with Crippen molar-refractivity contribution in [3.05, 3.63) is 16.0 Å². The molecule has 6 nitrogen and oxygen atoms in total. The fourth-order valence-electron chi connectivity index (χ4n) is 4.68. The third kappa shape index (κ3) is 4.49. The zero-order valence-corrected chi connectivity index (χ0v) is 18.5. The van der Waals surface area contributed by atoms with Crippen LogP contribution in [0.5, 0.6) is 0 Å². The number of thiophene rings is 1. The summed E-state index contributed by atoms with van der Waals surface area (Å²) < 4.78 is 5.00. The summed E-state index contributed by atoms with van der Waals surface area (Å²) in [6.45, 7) is 6.69. The second-order valence-corrected chi connectivity index (χ2v) is 10.4. The number of hydrogen-bond donors (Lipinski definition) is 2. The van der Waals surface area contributed by atoms with Crippen LogP contribution in [0.15, 0.2) is 0 Å². The van der Waals surface area contributed by atoms with E-state index < -0.39 is 23.8 Å². The Morgan fingerprint density at radius 2 is 1.76 bits per heavy atom. The lowest BCUT2D eigenvalue weighted by atomic mass is 9.72. The molecule has 0 radical (unpaired) electrons. The van der Waals surface area contributed by atoms with Crippen LogP contribution in [0.3, 0.4) is 0 Å². The van der Waals surface area contributed by atoms with Gasteiger partial charge >= 0.3 is 11.9 Å². The first-order valence-electron chi connectivity index (χ1n) is 10.4. The number of rotatable bonds is 4. The number of aliphatic carboxylic acids is 1. The number of ether oxygens (including phenoxy) is 1. The van der Waals surface area contributed by atoms with Crippen LogP contribution in [0.4, 0.5) is 5.00 Å². The number of anilines is 1. The molecule has 0 aromatic carbocycles. The quantitative estimate of drug-likeness (QED) is 0.698. The van der Waals surface area contributed by atoms with Gasteiger partial charge in [-0.05, 0) is 49.0 Å². The summed E-state index contributed by atoms with van der Waals surface area (Å²) in [7, 11) is 1.35. The maximum atomic E-state index is 13.0. The van der Waals surface area contributed by atoms with Crippen LogP contribution in [0.2, 0.25) is 0 Å².